The lowest BCUT2D eigenvalue weighted by molar-refractivity contribution is -0.0903. The Balaban J connectivity index is 0.00000289. The van der Waals surface area contributed by atoms with Crippen LogP contribution in [0, 0.1) is 24.1 Å². The van der Waals surface area contributed by atoms with Crippen molar-refractivity contribution in [2.24, 2.45) is 0 Å². The van der Waals surface area contributed by atoms with E-state index in [1.54, 1.807) is 6.07 Å². The van der Waals surface area contributed by atoms with E-state index in [0.717, 1.165) is 49.4 Å². The summed E-state index contributed by atoms with van der Waals surface area (Å²) in [6.07, 6.45) is 0.531. The number of ether oxygens (including phenoxy) is 3. The topological polar surface area (TPSA) is 75.0 Å². The molecule has 2 aromatic rings. The van der Waals surface area contributed by atoms with Gasteiger partial charge < -0.3 is 19.1 Å². The minimum Gasteiger partial charge on any atom is -0.495 e. The van der Waals surface area contributed by atoms with E-state index in [1.165, 1.54) is 13.2 Å². The van der Waals surface area contributed by atoms with Gasteiger partial charge in [-0.25, -0.2) is 9.18 Å². The summed E-state index contributed by atoms with van der Waals surface area (Å²) in [5, 5.41) is 9.13. The van der Waals surface area contributed by atoms with Gasteiger partial charge in [-0.15, -0.1) is 12.4 Å². The molecule has 9 heteroatoms. The van der Waals surface area contributed by atoms with Gasteiger partial charge in [0, 0.05) is 44.3 Å². The number of halogens is 2. The van der Waals surface area contributed by atoms with Gasteiger partial charge in [0.1, 0.15) is 24.2 Å². The van der Waals surface area contributed by atoms with E-state index < -0.39 is 0 Å². The van der Waals surface area contributed by atoms with Gasteiger partial charge in [0.2, 0.25) is 0 Å². The maximum absolute atomic E-state index is 14.4. The number of carbonyl (C=O) groups is 1. The van der Waals surface area contributed by atoms with Crippen molar-refractivity contribution in [3.8, 4) is 11.8 Å². The predicted molar refractivity (Wildman–Crippen MR) is 129 cm³/mol. The van der Waals surface area contributed by atoms with Crippen molar-refractivity contribution in [2.75, 3.05) is 46.4 Å². The molecule has 2 saturated heterocycles. The number of hydrogen-bond acceptors (Lipinski definition) is 7. The third kappa shape index (κ3) is 4.87. The van der Waals surface area contributed by atoms with E-state index in [1.807, 2.05) is 25.1 Å². The molecule has 0 saturated carbocycles. The fourth-order valence-electron chi connectivity index (χ4n) is 5.28. The highest BCUT2D eigenvalue weighted by atomic mass is 35.5. The standard InChI is InChI=1S/C26H28FN3O4.ClH/c1-16-20(3-4-21-22(16)15-34-26(21)31)25-13-30-8-7-29(12-19(30)14-33-25)6-5-17-10-24(32-2)18(11-28)9-23(17)27;/h3-4,9-10,19,25H,5-8,12-15H2,1-2H3;1H/t19-,25-;/m1./s1. The molecule has 7 nitrogen and oxygen atoms in total. The van der Waals surface area contributed by atoms with Crippen molar-refractivity contribution >= 4 is 18.4 Å². The Hall–Kier alpha value is -2.70. The summed E-state index contributed by atoms with van der Waals surface area (Å²) in [5.41, 5.74) is 4.63. The summed E-state index contributed by atoms with van der Waals surface area (Å²) in [6, 6.07) is 9.01. The first-order chi connectivity index (χ1) is 16.5. The van der Waals surface area contributed by atoms with E-state index in [4.69, 9.17) is 19.5 Å². The van der Waals surface area contributed by atoms with Crippen LogP contribution in [0.1, 0.15) is 44.3 Å². The number of carbonyl (C=O) groups excluding carboxylic acids is 1. The molecule has 2 atom stereocenters. The van der Waals surface area contributed by atoms with Crippen LogP contribution in [-0.4, -0.2) is 68.3 Å². The van der Waals surface area contributed by atoms with Crippen LogP contribution in [0.2, 0.25) is 0 Å². The molecule has 35 heavy (non-hydrogen) atoms. The Labute approximate surface area is 210 Å². The van der Waals surface area contributed by atoms with Gasteiger partial charge in [0.05, 0.1) is 30.9 Å². The van der Waals surface area contributed by atoms with Crippen LogP contribution in [-0.2, 0) is 22.5 Å². The van der Waals surface area contributed by atoms with Gasteiger partial charge in [-0.2, -0.15) is 5.26 Å². The lowest BCUT2D eigenvalue weighted by atomic mass is 9.94. The molecule has 3 aliphatic rings. The lowest BCUT2D eigenvalue weighted by Gasteiger charge is -2.46. The van der Waals surface area contributed by atoms with Crippen molar-refractivity contribution in [1.82, 2.24) is 9.80 Å². The number of nitrogens with zero attached hydrogens (tertiary/aromatic N) is 3. The van der Waals surface area contributed by atoms with Gasteiger partial charge in [0.15, 0.2) is 0 Å². The van der Waals surface area contributed by atoms with Crippen molar-refractivity contribution in [3.05, 3.63) is 63.5 Å². The zero-order chi connectivity index (χ0) is 23.8. The second kappa shape index (κ2) is 10.5. The normalized spacial score (nSPS) is 21.9. The SMILES string of the molecule is COc1cc(CCN2CCN3C[C@H](c4ccc5c(c4C)COC5=O)OC[C@H]3C2)c(F)cc1C#N.Cl. The summed E-state index contributed by atoms with van der Waals surface area (Å²) in [5.74, 6) is -0.199. The summed E-state index contributed by atoms with van der Waals surface area (Å²) in [6.45, 7) is 7.26. The van der Waals surface area contributed by atoms with Crippen LogP contribution in [0.3, 0.4) is 0 Å². The Kier molecular flexibility index (Phi) is 7.62. The molecule has 0 amide bonds. The number of rotatable bonds is 5. The molecular weight excluding hydrogens is 473 g/mol. The van der Waals surface area contributed by atoms with Crippen molar-refractivity contribution in [2.45, 2.75) is 32.1 Å². The molecule has 2 aromatic carbocycles. The molecule has 0 aliphatic carbocycles. The van der Waals surface area contributed by atoms with E-state index in [2.05, 4.69) is 9.80 Å². The lowest BCUT2D eigenvalue weighted by Crippen LogP contribution is -2.58. The predicted octanol–water partition coefficient (Wildman–Crippen LogP) is 3.41. The van der Waals surface area contributed by atoms with Crippen LogP contribution in [0.25, 0.3) is 0 Å². The average molecular weight is 502 g/mol. The van der Waals surface area contributed by atoms with Crippen LogP contribution in [0.15, 0.2) is 24.3 Å². The van der Waals surface area contributed by atoms with Crippen LogP contribution in [0.5, 0.6) is 5.75 Å². The Morgan fingerprint density at radius 3 is 2.86 bits per heavy atom. The van der Waals surface area contributed by atoms with Crippen LogP contribution < -0.4 is 4.74 Å². The smallest absolute Gasteiger partial charge is 0.338 e. The third-order valence-electron chi connectivity index (χ3n) is 7.32. The molecule has 3 aliphatic heterocycles. The maximum Gasteiger partial charge on any atom is 0.338 e. The first kappa shape index (κ1) is 25.4. The van der Waals surface area contributed by atoms with Gasteiger partial charge in [-0.05, 0) is 48.2 Å². The average Bonchev–Trinajstić information content (AvgIpc) is 3.24. The highest BCUT2D eigenvalue weighted by Crippen LogP contribution is 2.33. The molecule has 186 valence electrons. The molecule has 3 heterocycles. The van der Waals surface area contributed by atoms with Crippen molar-refractivity contribution < 1.29 is 23.4 Å². The maximum atomic E-state index is 14.4. The van der Waals surface area contributed by atoms with E-state index in [9.17, 15) is 9.18 Å². The Morgan fingerprint density at radius 1 is 1.26 bits per heavy atom. The van der Waals surface area contributed by atoms with Gasteiger partial charge in [-0.1, -0.05) is 6.07 Å². The van der Waals surface area contributed by atoms with Crippen LogP contribution in [0.4, 0.5) is 4.39 Å². The number of fused-ring (bicyclic) bond motifs is 2. The number of morpholine rings is 1. The first-order valence-corrected chi connectivity index (χ1v) is 11.6. The zero-order valence-corrected chi connectivity index (χ0v) is 20.7. The number of cyclic esters (lactones) is 1. The van der Waals surface area contributed by atoms with Gasteiger partial charge >= 0.3 is 5.97 Å². The Morgan fingerprint density at radius 2 is 2.09 bits per heavy atom. The first-order valence-electron chi connectivity index (χ1n) is 11.6. The van der Waals surface area contributed by atoms with E-state index in [-0.39, 0.29) is 35.9 Å². The summed E-state index contributed by atoms with van der Waals surface area (Å²) in [7, 11) is 1.49. The molecule has 0 bridgehead atoms. The molecule has 0 spiro atoms. The van der Waals surface area contributed by atoms with Crippen molar-refractivity contribution in [3.63, 3.8) is 0 Å². The quantitative estimate of drug-likeness (QED) is 0.581. The monoisotopic (exact) mass is 501 g/mol. The molecule has 0 aromatic heterocycles. The number of esters is 1. The minimum absolute atomic E-state index is 0. The highest BCUT2D eigenvalue weighted by molar-refractivity contribution is 5.94. The van der Waals surface area contributed by atoms with Gasteiger partial charge in [-0.3, -0.25) is 4.90 Å². The number of hydrogen-bond donors (Lipinski definition) is 0. The molecular formula is C26H29ClFN3O4. The van der Waals surface area contributed by atoms with E-state index in [0.29, 0.717) is 42.6 Å². The fraction of sp³-hybridized carbons (Fsp3) is 0.462. The Bertz CT molecular complexity index is 1170. The fourth-order valence-corrected chi connectivity index (χ4v) is 5.28. The summed E-state index contributed by atoms with van der Waals surface area (Å²) in [4.78, 5) is 16.7. The molecule has 0 N–H and O–H groups in total. The number of piperazine rings is 1. The van der Waals surface area contributed by atoms with Gasteiger partial charge in [0.25, 0.3) is 0 Å². The molecule has 0 unspecified atom stereocenters. The molecule has 5 rings (SSSR count). The molecule has 2 fully saturated rings. The van der Waals surface area contributed by atoms with Crippen molar-refractivity contribution in [1.29, 1.82) is 5.26 Å². The molecule has 0 radical (unpaired) electrons. The number of methoxy groups -OCH3 is 1. The third-order valence-corrected chi connectivity index (χ3v) is 7.32. The van der Waals surface area contributed by atoms with E-state index >= 15 is 0 Å². The second-order valence-electron chi connectivity index (χ2n) is 9.16. The second-order valence-corrected chi connectivity index (χ2v) is 9.16. The van der Waals surface area contributed by atoms with Crippen LogP contribution >= 0.6 is 12.4 Å². The largest absolute Gasteiger partial charge is 0.495 e. The minimum atomic E-state index is -0.364. The summed E-state index contributed by atoms with van der Waals surface area (Å²) < 4.78 is 31.1. The highest BCUT2D eigenvalue weighted by Gasteiger charge is 2.35. The summed E-state index contributed by atoms with van der Waals surface area (Å²) >= 11 is 0. The zero-order valence-electron chi connectivity index (χ0n) is 19.9. The number of benzene rings is 2. The number of nitriles is 1.